The topological polar surface area (TPSA) is 83.6 Å². The van der Waals surface area contributed by atoms with Gasteiger partial charge in [-0.2, -0.15) is 0 Å². The maximum Gasteiger partial charge on any atom is 0.254 e. The Labute approximate surface area is 151 Å². The predicted molar refractivity (Wildman–Crippen MR) is 97.2 cm³/mol. The van der Waals surface area contributed by atoms with E-state index in [1.807, 2.05) is 29.2 Å². The van der Waals surface area contributed by atoms with Crippen molar-refractivity contribution in [1.82, 2.24) is 20.5 Å². The average molecular weight is 354 g/mol. The van der Waals surface area contributed by atoms with Crippen LogP contribution in [0.5, 0.6) is 5.88 Å². The van der Waals surface area contributed by atoms with Gasteiger partial charge in [-0.3, -0.25) is 9.59 Å². The van der Waals surface area contributed by atoms with Crippen molar-refractivity contribution >= 4 is 22.7 Å². The number of likely N-dealkylation sites (tertiary alicyclic amines) is 1. The normalized spacial score (nSPS) is 19.4. The number of fused-ring (bicyclic) bond motifs is 1. The molecule has 0 atom stereocenters. The molecule has 0 unspecified atom stereocenters. The van der Waals surface area contributed by atoms with E-state index in [-0.39, 0.29) is 11.8 Å². The summed E-state index contributed by atoms with van der Waals surface area (Å²) in [4.78, 5) is 31.7. The molecule has 2 aromatic rings. The molecule has 1 aromatic carbocycles. The van der Waals surface area contributed by atoms with Crippen LogP contribution in [0.15, 0.2) is 30.3 Å². The predicted octanol–water partition coefficient (Wildman–Crippen LogP) is 0.938. The number of carbonyl (C=O) groups excluding carboxylic acids is 2. The molecule has 136 valence electrons. The number of nitrogens with zero attached hydrogens (tertiary/aromatic N) is 2. The summed E-state index contributed by atoms with van der Waals surface area (Å²) >= 11 is 0. The Morgan fingerprint density at radius 3 is 2.73 bits per heavy atom. The van der Waals surface area contributed by atoms with Crippen LogP contribution < -0.4 is 15.4 Å². The van der Waals surface area contributed by atoms with Crippen molar-refractivity contribution in [3.63, 3.8) is 0 Å². The first kappa shape index (κ1) is 16.8. The standard InChI is InChI=1S/C19H22N4O3/c1-26-16-12-14(13-4-2-3-5-15(13)22-16)17(24)23-10-6-19(7-11-23)18(25)20-8-9-21-19/h2-5,12,21H,6-11H2,1H3,(H,20,25). The van der Waals surface area contributed by atoms with Crippen LogP contribution in [-0.2, 0) is 4.79 Å². The minimum atomic E-state index is -0.535. The van der Waals surface area contributed by atoms with Gasteiger partial charge in [0.05, 0.1) is 18.2 Å². The third kappa shape index (κ3) is 2.78. The SMILES string of the molecule is COc1cc(C(=O)N2CCC3(CC2)NCCNC3=O)c2ccccc2n1. The first-order valence-electron chi connectivity index (χ1n) is 8.89. The molecule has 4 rings (SSSR count). The van der Waals surface area contributed by atoms with E-state index in [1.165, 1.54) is 0 Å². The summed E-state index contributed by atoms with van der Waals surface area (Å²) in [5, 5.41) is 7.09. The van der Waals surface area contributed by atoms with E-state index in [9.17, 15) is 9.59 Å². The molecule has 2 N–H and O–H groups in total. The molecule has 3 heterocycles. The minimum absolute atomic E-state index is 0.0480. The van der Waals surface area contributed by atoms with Crippen molar-refractivity contribution in [2.45, 2.75) is 18.4 Å². The summed E-state index contributed by atoms with van der Waals surface area (Å²) in [6, 6.07) is 9.25. The van der Waals surface area contributed by atoms with Crippen molar-refractivity contribution in [3.05, 3.63) is 35.9 Å². The lowest BCUT2D eigenvalue weighted by Crippen LogP contribution is -2.66. The minimum Gasteiger partial charge on any atom is -0.481 e. The highest BCUT2D eigenvalue weighted by atomic mass is 16.5. The Bertz CT molecular complexity index is 859. The number of amides is 2. The van der Waals surface area contributed by atoms with E-state index >= 15 is 0 Å². The molecule has 7 heteroatoms. The Balaban J connectivity index is 1.59. The van der Waals surface area contributed by atoms with Crippen LogP contribution in [0.3, 0.4) is 0 Å². The first-order valence-corrected chi connectivity index (χ1v) is 8.89. The van der Waals surface area contributed by atoms with E-state index in [1.54, 1.807) is 13.2 Å². The van der Waals surface area contributed by atoms with Gasteiger partial charge < -0.3 is 20.3 Å². The maximum atomic E-state index is 13.2. The van der Waals surface area contributed by atoms with Crippen LogP contribution in [0.2, 0.25) is 0 Å². The summed E-state index contributed by atoms with van der Waals surface area (Å²) < 4.78 is 5.26. The molecule has 1 aromatic heterocycles. The number of pyridine rings is 1. The Morgan fingerprint density at radius 1 is 1.23 bits per heavy atom. The second kappa shape index (κ2) is 6.57. The lowest BCUT2D eigenvalue weighted by Gasteiger charge is -2.43. The van der Waals surface area contributed by atoms with Gasteiger partial charge in [-0.1, -0.05) is 18.2 Å². The van der Waals surface area contributed by atoms with E-state index in [0.717, 1.165) is 17.4 Å². The molecule has 1 spiro atoms. The quantitative estimate of drug-likeness (QED) is 0.839. The van der Waals surface area contributed by atoms with Crippen LogP contribution in [0, 0.1) is 0 Å². The van der Waals surface area contributed by atoms with Crippen molar-refractivity contribution < 1.29 is 14.3 Å². The number of rotatable bonds is 2. The molecule has 2 aliphatic rings. The van der Waals surface area contributed by atoms with Gasteiger partial charge in [-0.05, 0) is 18.9 Å². The molecule has 0 aliphatic carbocycles. The maximum absolute atomic E-state index is 13.2. The van der Waals surface area contributed by atoms with E-state index < -0.39 is 5.54 Å². The van der Waals surface area contributed by atoms with Crippen molar-refractivity contribution in [3.8, 4) is 5.88 Å². The molecule has 2 saturated heterocycles. The van der Waals surface area contributed by atoms with Crippen molar-refractivity contribution in [2.75, 3.05) is 33.3 Å². The summed E-state index contributed by atoms with van der Waals surface area (Å²) in [5.74, 6) is 0.425. The molecule has 0 saturated carbocycles. The number of hydrogen-bond donors (Lipinski definition) is 2. The van der Waals surface area contributed by atoms with Crippen molar-refractivity contribution in [2.24, 2.45) is 0 Å². The third-order valence-corrected chi connectivity index (χ3v) is 5.35. The van der Waals surface area contributed by atoms with Crippen LogP contribution in [-0.4, -0.2) is 60.5 Å². The average Bonchev–Trinajstić information content (AvgIpc) is 2.69. The number of ether oxygens (including phenoxy) is 1. The Hall–Kier alpha value is -2.67. The van der Waals surface area contributed by atoms with Gasteiger partial charge in [-0.25, -0.2) is 4.98 Å². The lowest BCUT2D eigenvalue weighted by molar-refractivity contribution is -0.131. The van der Waals surface area contributed by atoms with Gasteiger partial charge in [0.15, 0.2) is 0 Å². The van der Waals surface area contributed by atoms with Gasteiger partial charge in [0.25, 0.3) is 5.91 Å². The highest BCUT2D eigenvalue weighted by molar-refractivity contribution is 6.06. The lowest BCUT2D eigenvalue weighted by atomic mass is 9.85. The second-order valence-corrected chi connectivity index (χ2v) is 6.79. The number of methoxy groups -OCH3 is 1. The number of para-hydroxylation sites is 1. The number of hydrogen-bond acceptors (Lipinski definition) is 5. The number of aromatic nitrogens is 1. The van der Waals surface area contributed by atoms with E-state index in [0.29, 0.717) is 43.9 Å². The molecular weight excluding hydrogens is 332 g/mol. The van der Waals surface area contributed by atoms with Crippen LogP contribution >= 0.6 is 0 Å². The summed E-state index contributed by atoms with van der Waals surface area (Å²) in [6.07, 6.45) is 1.23. The largest absolute Gasteiger partial charge is 0.481 e. The van der Waals surface area contributed by atoms with Gasteiger partial charge in [-0.15, -0.1) is 0 Å². The first-order chi connectivity index (χ1) is 12.6. The molecule has 26 heavy (non-hydrogen) atoms. The summed E-state index contributed by atoms with van der Waals surface area (Å²) in [7, 11) is 1.55. The number of carbonyl (C=O) groups is 2. The molecular formula is C19H22N4O3. The molecule has 0 bridgehead atoms. The van der Waals surface area contributed by atoms with Crippen LogP contribution in [0.25, 0.3) is 10.9 Å². The van der Waals surface area contributed by atoms with Gasteiger partial charge in [0.2, 0.25) is 11.8 Å². The van der Waals surface area contributed by atoms with Crippen LogP contribution in [0.4, 0.5) is 0 Å². The van der Waals surface area contributed by atoms with Crippen LogP contribution in [0.1, 0.15) is 23.2 Å². The fraction of sp³-hybridized carbons (Fsp3) is 0.421. The number of piperidine rings is 1. The molecule has 2 aliphatic heterocycles. The third-order valence-electron chi connectivity index (χ3n) is 5.35. The highest BCUT2D eigenvalue weighted by Crippen LogP contribution is 2.28. The highest BCUT2D eigenvalue weighted by Gasteiger charge is 2.43. The second-order valence-electron chi connectivity index (χ2n) is 6.79. The fourth-order valence-electron chi connectivity index (χ4n) is 3.83. The van der Waals surface area contributed by atoms with Crippen molar-refractivity contribution in [1.29, 1.82) is 0 Å². The molecule has 7 nitrogen and oxygen atoms in total. The zero-order chi connectivity index (χ0) is 18.1. The molecule has 2 fully saturated rings. The summed E-state index contributed by atoms with van der Waals surface area (Å²) in [5.41, 5.74) is 0.786. The van der Waals surface area contributed by atoms with E-state index in [4.69, 9.17) is 4.74 Å². The summed E-state index contributed by atoms with van der Waals surface area (Å²) in [6.45, 7) is 2.51. The van der Waals surface area contributed by atoms with Gasteiger partial charge in [0, 0.05) is 37.6 Å². The number of piperazine rings is 1. The van der Waals surface area contributed by atoms with Gasteiger partial charge >= 0.3 is 0 Å². The zero-order valence-electron chi connectivity index (χ0n) is 14.7. The van der Waals surface area contributed by atoms with E-state index in [2.05, 4.69) is 15.6 Å². The molecule has 0 radical (unpaired) electrons. The number of nitrogens with one attached hydrogen (secondary N) is 2. The van der Waals surface area contributed by atoms with Gasteiger partial charge in [0.1, 0.15) is 5.54 Å². The monoisotopic (exact) mass is 354 g/mol. The Morgan fingerprint density at radius 2 is 2.00 bits per heavy atom. The number of benzene rings is 1. The molecule has 2 amide bonds. The Kier molecular flexibility index (Phi) is 4.24. The smallest absolute Gasteiger partial charge is 0.254 e. The zero-order valence-corrected chi connectivity index (χ0v) is 14.7. The fourth-order valence-corrected chi connectivity index (χ4v) is 3.83.